The van der Waals surface area contributed by atoms with Crippen molar-refractivity contribution in [3.05, 3.63) is 0 Å². The van der Waals surface area contributed by atoms with Crippen LogP contribution in [0.3, 0.4) is 0 Å². The maximum atomic E-state index is 5.45. The Hall–Kier alpha value is -0.120. The third-order valence-electron chi connectivity index (χ3n) is 1.26. The van der Waals surface area contributed by atoms with Crippen molar-refractivity contribution in [2.75, 3.05) is 26.4 Å². The van der Waals surface area contributed by atoms with Gasteiger partial charge in [0.15, 0.2) is 0 Å². The van der Waals surface area contributed by atoms with Crippen LogP contribution >= 0.6 is 0 Å². The molecule has 0 amide bonds. The lowest BCUT2D eigenvalue weighted by atomic mass is 10.2. The maximum Gasteiger partial charge on any atom is 0.0707 e. The zero-order valence-corrected chi connectivity index (χ0v) is 8.43. The smallest absolute Gasteiger partial charge is 0.0707 e. The van der Waals surface area contributed by atoms with E-state index >= 15 is 0 Å². The SMILES string of the molecule is CC(C)(C)OCCOCCCN. The van der Waals surface area contributed by atoms with E-state index in [1.807, 2.05) is 20.8 Å². The summed E-state index contributed by atoms with van der Waals surface area (Å²) >= 11 is 0. The molecule has 0 rings (SSSR count). The summed E-state index contributed by atoms with van der Waals surface area (Å²) in [6.45, 7) is 8.86. The molecule has 0 aromatic carbocycles. The summed E-state index contributed by atoms with van der Waals surface area (Å²) in [6, 6.07) is 0. The van der Waals surface area contributed by atoms with Gasteiger partial charge >= 0.3 is 0 Å². The van der Waals surface area contributed by atoms with Crippen LogP contribution in [0.2, 0.25) is 0 Å². The predicted molar refractivity (Wildman–Crippen MR) is 50.2 cm³/mol. The van der Waals surface area contributed by atoms with Gasteiger partial charge in [-0.05, 0) is 33.7 Å². The Balaban J connectivity index is 3.01. The van der Waals surface area contributed by atoms with Gasteiger partial charge < -0.3 is 15.2 Å². The second kappa shape index (κ2) is 6.40. The molecule has 0 aliphatic rings. The van der Waals surface area contributed by atoms with E-state index < -0.39 is 0 Å². The molecule has 0 aromatic heterocycles. The summed E-state index contributed by atoms with van der Waals surface area (Å²) in [5.41, 5.74) is 5.24. The lowest BCUT2D eigenvalue weighted by Gasteiger charge is -2.19. The number of hydrogen-bond acceptors (Lipinski definition) is 3. The van der Waals surface area contributed by atoms with Crippen molar-refractivity contribution in [2.45, 2.75) is 32.8 Å². The van der Waals surface area contributed by atoms with E-state index in [0.29, 0.717) is 19.8 Å². The molecule has 0 aliphatic heterocycles. The highest BCUT2D eigenvalue weighted by Gasteiger charge is 2.08. The molecule has 0 saturated heterocycles. The largest absolute Gasteiger partial charge is 0.379 e. The molecular formula is C9H21NO2. The van der Waals surface area contributed by atoms with Crippen LogP contribution in [0.1, 0.15) is 27.2 Å². The first-order valence-corrected chi connectivity index (χ1v) is 4.48. The van der Waals surface area contributed by atoms with Crippen LogP contribution in [-0.4, -0.2) is 32.0 Å². The lowest BCUT2D eigenvalue weighted by Crippen LogP contribution is -2.22. The Morgan fingerprint density at radius 3 is 2.25 bits per heavy atom. The highest BCUT2D eigenvalue weighted by Crippen LogP contribution is 2.05. The van der Waals surface area contributed by atoms with Crippen LogP contribution in [0.4, 0.5) is 0 Å². The van der Waals surface area contributed by atoms with Gasteiger partial charge in [0, 0.05) is 6.61 Å². The van der Waals surface area contributed by atoms with Crippen LogP contribution in [-0.2, 0) is 9.47 Å². The third-order valence-corrected chi connectivity index (χ3v) is 1.26. The van der Waals surface area contributed by atoms with Gasteiger partial charge in [0.1, 0.15) is 0 Å². The van der Waals surface area contributed by atoms with Crippen LogP contribution in [0, 0.1) is 0 Å². The first kappa shape index (κ1) is 11.9. The zero-order valence-electron chi connectivity index (χ0n) is 8.43. The van der Waals surface area contributed by atoms with Gasteiger partial charge in [0.05, 0.1) is 18.8 Å². The van der Waals surface area contributed by atoms with Gasteiger partial charge in [-0.15, -0.1) is 0 Å². The summed E-state index contributed by atoms with van der Waals surface area (Å²) in [6.07, 6.45) is 0.926. The quantitative estimate of drug-likeness (QED) is 0.616. The number of ether oxygens (including phenoxy) is 2. The minimum absolute atomic E-state index is 0.0583. The topological polar surface area (TPSA) is 44.5 Å². The molecule has 0 saturated carbocycles. The second-order valence-electron chi connectivity index (χ2n) is 3.72. The Kier molecular flexibility index (Phi) is 6.34. The van der Waals surface area contributed by atoms with E-state index in [4.69, 9.17) is 15.2 Å². The molecule has 3 nitrogen and oxygen atoms in total. The summed E-state index contributed by atoms with van der Waals surface area (Å²) in [7, 11) is 0. The Bertz CT molecular complexity index is 99.2. The first-order valence-electron chi connectivity index (χ1n) is 4.48. The number of hydrogen-bond donors (Lipinski definition) is 1. The van der Waals surface area contributed by atoms with E-state index in [2.05, 4.69) is 0 Å². The molecule has 2 N–H and O–H groups in total. The fourth-order valence-corrected chi connectivity index (χ4v) is 0.694. The molecule has 0 bridgehead atoms. The fourth-order valence-electron chi connectivity index (χ4n) is 0.694. The third kappa shape index (κ3) is 9.88. The van der Waals surface area contributed by atoms with Crippen LogP contribution in [0.25, 0.3) is 0 Å². The number of rotatable bonds is 6. The molecule has 0 spiro atoms. The van der Waals surface area contributed by atoms with Crippen molar-refractivity contribution in [3.63, 3.8) is 0 Å². The molecule has 0 unspecified atom stereocenters. The van der Waals surface area contributed by atoms with Crippen LogP contribution < -0.4 is 5.73 Å². The van der Waals surface area contributed by atoms with E-state index in [1.54, 1.807) is 0 Å². The van der Waals surface area contributed by atoms with Gasteiger partial charge in [0.25, 0.3) is 0 Å². The fraction of sp³-hybridized carbons (Fsp3) is 1.00. The van der Waals surface area contributed by atoms with Crippen molar-refractivity contribution < 1.29 is 9.47 Å². The van der Waals surface area contributed by atoms with E-state index in [1.165, 1.54) is 0 Å². The molecule has 0 radical (unpaired) electrons. The van der Waals surface area contributed by atoms with Gasteiger partial charge in [-0.25, -0.2) is 0 Å². The average molecular weight is 175 g/mol. The first-order chi connectivity index (χ1) is 5.56. The molecule has 0 atom stereocenters. The summed E-state index contributed by atoms with van der Waals surface area (Å²) in [5.74, 6) is 0. The second-order valence-corrected chi connectivity index (χ2v) is 3.72. The van der Waals surface area contributed by atoms with Crippen molar-refractivity contribution in [1.29, 1.82) is 0 Å². The zero-order chi connectivity index (χ0) is 9.45. The Morgan fingerprint density at radius 2 is 1.75 bits per heavy atom. The van der Waals surface area contributed by atoms with Gasteiger partial charge in [-0.2, -0.15) is 0 Å². The minimum atomic E-state index is -0.0583. The summed E-state index contributed by atoms with van der Waals surface area (Å²) in [4.78, 5) is 0. The Morgan fingerprint density at radius 1 is 1.08 bits per heavy atom. The highest BCUT2D eigenvalue weighted by molar-refractivity contribution is 4.57. The predicted octanol–water partition coefficient (Wildman–Crippen LogP) is 1.17. The normalized spacial score (nSPS) is 12.0. The molecule has 3 heteroatoms. The van der Waals surface area contributed by atoms with Crippen molar-refractivity contribution in [1.82, 2.24) is 0 Å². The standard InChI is InChI=1S/C9H21NO2/c1-9(2,3)12-8-7-11-6-4-5-10/h4-8,10H2,1-3H3. The summed E-state index contributed by atoms with van der Waals surface area (Å²) < 4.78 is 10.7. The van der Waals surface area contributed by atoms with Crippen LogP contribution in [0.5, 0.6) is 0 Å². The lowest BCUT2D eigenvalue weighted by molar-refractivity contribution is -0.0348. The van der Waals surface area contributed by atoms with Gasteiger partial charge in [-0.1, -0.05) is 0 Å². The highest BCUT2D eigenvalue weighted by atomic mass is 16.5. The van der Waals surface area contributed by atoms with Crippen LogP contribution in [0.15, 0.2) is 0 Å². The molecular weight excluding hydrogens is 154 g/mol. The molecule has 0 aromatic rings. The van der Waals surface area contributed by atoms with E-state index in [9.17, 15) is 0 Å². The van der Waals surface area contributed by atoms with E-state index in [-0.39, 0.29) is 5.60 Å². The van der Waals surface area contributed by atoms with E-state index in [0.717, 1.165) is 13.0 Å². The molecule has 0 heterocycles. The number of nitrogens with two attached hydrogens (primary N) is 1. The van der Waals surface area contributed by atoms with Crippen molar-refractivity contribution >= 4 is 0 Å². The molecule has 74 valence electrons. The maximum absolute atomic E-state index is 5.45. The molecule has 0 fully saturated rings. The average Bonchev–Trinajstić information content (AvgIpc) is 1.94. The molecule has 0 aliphatic carbocycles. The van der Waals surface area contributed by atoms with Crippen molar-refractivity contribution in [3.8, 4) is 0 Å². The van der Waals surface area contributed by atoms with Gasteiger partial charge in [0.2, 0.25) is 0 Å². The Labute approximate surface area is 75.2 Å². The minimum Gasteiger partial charge on any atom is -0.379 e. The van der Waals surface area contributed by atoms with Gasteiger partial charge in [-0.3, -0.25) is 0 Å². The summed E-state index contributed by atoms with van der Waals surface area (Å²) in [5, 5.41) is 0. The monoisotopic (exact) mass is 175 g/mol. The molecule has 12 heavy (non-hydrogen) atoms. The van der Waals surface area contributed by atoms with Crippen molar-refractivity contribution in [2.24, 2.45) is 5.73 Å².